The van der Waals surface area contributed by atoms with E-state index >= 15 is 0 Å². The fraction of sp³-hybridized carbons (Fsp3) is 0.267. The number of unbranched alkanes of at least 4 members (excludes halogenated alkanes) is 1. The van der Waals surface area contributed by atoms with Gasteiger partial charge in [0.2, 0.25) is 5.88 Å². The number of carbonyl (C=O) groups is 1. The fourth-order valence-corrected chi connectivity index (χ4v) is 4.22. The average molecular weight is 499 g/mol. The van der Waals surface area contributed by atoms with Crippen molar-refractivity contribution in [3.05, 3.63) is 94.4 Å². The van der Waals surface area contributed by atoms with Crippen molar-refractivity contribution >= 4 is 5.97 Å². The molecule has 3 aromatic carbocycles. The van der Waals surface area contributed by atoms with Gasteiger partial charge in [0.25, 0.3) is 0 Å². The van der Waals surface area contributed by atoms with E-state index < -0.39 is 11.9 Å². The van der Waals surface area contributed by atoms with Gasteiger partial charge in [0, 0.05) is 11.6 Å². The normalized spacial score (nSPS) is 14.3. The lowest BCUT2D eigenvalue weighted by atomic mass is 9.83. The van der Waals surface area contributed by atoms with Crippen LogP contribution < -0.4 is 24.7 Å². The highest BCUT2D eigenvalue weighted by Gasteiger charge is 2.32. The average Bonchev–Trinajstić information content (AvgIpc) is 2.89. The predicted molar refractivity (Wildman–Crippen MR) is 140 cm³/mol. The van der Waals surface area contributed by atoms with E-state index in [1.165, 1.54) is 0 Å². The highest BCUT2D eigenvalue weighted by molar-refractivity contribution is 5.92. The molecule has 7 nitrogen and oxygen atoms in total. The maximum absolute atomic E-state index is 12.7. The van der Waals surface area contributed by atoms with Gasteiger partial charge in [-0.1, -0.05) is 43.7 Å². The monoisotopic (exact) mass is 498 g/mol. The first-order valence-electron chi connectivity index (χ1n) is 12.4. The molecule has 190 valence electrons. The quantitative estimate of drug-likeness (QED) is 0.219. The molecule has 1 atom stereocenters. The minimum atomic E-state index is -0.487. The molecule has 0 spiro atoms. The van der Waals surface area contributed by atoms with Gasteiger partial charge in [-0.3, -0.25) is 0 Å². The van der Waals surface area contributed by atoms with Gasteiger partial charge >= 0.3 is 5.97 Å². The van der Waals surface area contributed by atoms with Crippen LogP contribution in [0.3, 0.4) is 0 Å². The molecular formula is C30H30N2O5. The number of fused-ring (bicyclic) bond motifs is 1. The van der Waals surface area contributed by atoms with Crippen molar-refractivity contribution in [2.24, 2.45) is 5.73 Å². The molecular weight excluding hydrogens is 468 g/mol. The van der Waals surface area contributed by atoms with Crippen molar-refractivity contribution in [1.82, 2.24) is 0 Å². The molecule has 0 saturated carbocycles. The third kappa shape index (κ3) is 5.54. The summed E-state index contributed by atoms with van der Waals surface area (Å²) in [6, 6.07) is 20.1. The molecule has 4 rings (SSSR count). The highest BCUT2D eigenvalue weighted by atomic mass is 16.5. The number of nitrogens with zero attached hydrogens (tertiary/aromatic N) is 1. The molecule has 1 aliphatic rings. The van der Waals surface area contributed by atoms with Crippen molar-refractivity contribution < 1.29 is 23.7 Å². The Labute approximate surface area is 217 Å². The van der Waals surface area contributed by atoms with Crippen molar-refractivity contribution in [3.63, 3.8) is 0 Å². The lowest BCUT2D eigenvalue weighted by molar-refractivity contribution is 0.0733. The van der Waals surface area contributed by atoms with Crippen LogP contribution in [-0.4, -0.2) is 19.2 Å². The summed E-state index contributed by atoms with van der Waals surface area (Å²) in [5.41, 5.74) is 9.30. The molecule has 3 aromatic rings. The Morgan fingerprint density at radius 3 is 2.59 bits per heavy atom. The number of carbonyl (C=O) groups excluding carboxylic acids is 1. The van der Waals surface area contributed by atoms with E-state index in [0.717, 1.165) is 29.5 Å². The predicted octanol–water partition coefficient (Wildman–Crippen LogP) is 6.01. The Morgan fingerprint density at radius 1 is 1.05 bits per heavy atom. The number of esters is 1. The van der Waals surface area contributed by atoms with Gasteiger partial charge in [-0.15, -0.1) is 0 Å². The largest absolute Gasteiger partial charge is 0.490 e. The summed E-state index contributed by atoms with van der Waals surface area (Å²) in [5, 5.41) is 9.92. The molecule has 0 saturated heterocycles. The van der Waals surface area contributed by atoms with E-state index in [1.807, 2.05) is 44.2 Å². The van der Waals surface area contributed by atoms with Gasteiger partial charge in [-0.2, -0.15) is 5.26 Å². The Bertz CT molecular complexity index is 1370. The first kappa shape index (κ1) is 25.6. The molecule has 1 aliphatic heterocycles. The summed E-state index contributed by atoms with van der Waals surface area (Å²) in [6.45, 7) is 6.92. The zero-order valence-corrected chi connectivity index (χ0v) is 21.2. The molecule has 1 unspecified atom stereocenters. The smallest absolute Gasteiger partial charge is 0.343 e. The van der Waals surface area contributed by atoms with E-state index in [-0.39, 0.29) is 5.88 Å². The van der Waals surface area contributed by atoms with Crippen molar-refractivity contribution in [3.8, 4) is 29.1 Å². The minimum absolute atomic E-state index is 0.00334. The van der Waals surface area contributed by atoms with Gasteiger partial charge in [-0.05, 0) is 55.7 Å². The van der Waals surface area contributed by atoms with Gasteiger partial charge in [0.15, 0.2) is 11.5 Å². The van der Waals surface area contributed by atoms with Crippen LogP contribution in [0.25, 0.3) is 0 Å². The van der Waals surface area contributed by atoms with E-state index in [4.69, 9.17) is 24.7 Å². The van der Waals surface area contributed by atoms with Crippen LogP contribution in [0, 0.1) is 18.3 Å². The fourth-order valence-electron chi connectivity index (χ4n) is 4.22. The number of ether oxygens (including phenoxy) is 4. The van der Waals surface area contributed by atoms with Crippen molar-refractivity contribution in [1.29, 1.82) is 5.26 Å². The van der Waals surface area contributed by atoms with Gasteiger partial charge in [0.1, 0.15) is 23.1 Å². The number of allylic oxidation sites excluding steroid dienone is 1. The first-order chi connectivity index (χ1) is 18.0. The molecule has 0 amide bonds. The number of nitriles is 1. The standard InChI is InChI=1S/C30H30N2O5/c1-4-6-15-35-25-14-11-20(16-27(25)34-5-2)28-23-13-12-21(17-26(23)37-29(32)24(28)18-31)36-30(33)22-10-8-7-9-19(22)3/h7-14,16-17,28H,4-6,15,32H2,1-3H3. The Hall–Kier alpha value is -4.44. The van der Waals surface area contributed by atoms with Crippen molar-refractivity contribution in [2.45, 2.75) is 39.5 Å². The SMILES string of the molecule is CCCCOc1ccc(C2C(C#N)=C(N)Oc3cc(OC(=O)c4ccccc4C)ccc32)cc1OCC. The van der Waals surface area contributed by atoms with Crippen LogP contribution in [0.5, 0.6) is 23.0 Å². The summed E-state index contributed by atoms with van der Waals surface area (Å²) >= 11 is 0. The van der Waals surface area contributed by atoms with Crippen LogP contribution in [0.1, 0.15) is 59.7 Å². The zero-order valence-electron chi connectivity index (χ0n) is 21.2. The van der Waals surface area contributed by atoms with E-state index in [9.17, 15) is 10.1 Å². The number of rotatable bonds is 9. The number of hydrogen-bond acceptors (Lipinski definition) is 7. The number of nitrogens with two attached hydrogens (primary N) is 1. The molecule has 37 heavy (non-hydrogen) atoms. The van der Waals surface area contributed by atoms with Crippen LogP contribution in [0.4, 0.5) is 0 Å². The first-order valence-corrected chi connectivity index (χ1v) is 12.4. The zero-order chi connectivity index (χ0) is 26.4. The number of aryl methyl sites for hydroxylation is 1. The van der Waals surface area contributed by atoms with Crippen LogP contribution >= 0.6 is 0 Å². The molecule has 1 heterocycles. The van der Waals surface area contributed by atoms with Crippen LogP contribution in [-0.2, 0) is 0 Å². The lowest BCUT2D eigenvalue weighted by Gasteiger charge is -2.27. The van der Waals surface area contributed by atoms with Crippen LogP contribution in [0.15, 0.2) is 72.1 Å². The Morgan fingerprint density at radius 2 is 1.86 bits per heavy atom. The molecule has 0 aromatic heterocycles. The molecule has 0 bridgehead atoms. The van der Waals surface area contributed by atoms with Gasteiger partial charge in [-0.25, -0.2) is 4.79 Å². The topological polar surface area (TPSA) is 104 Å². The molecule has 0 fully saturated rings. The number of benzene rings is 3. The van der Waals surface area contributed by atoms with E-state index in [2.05, 4.69) is 13.0 Å². The molecule has 0 aliphatic carbocycles. The maximum Gasteiger partial charge on any atom is 0.343 e. The lowest BCUT2D eigenvalue weighted by Crippen LogP contribution is -2.21. The summed E-state index contributed by atoms with van der Waals surface area (Å²) < 4.78 is 23.2. The van der Waals surface area contributed by atoms with Crippen molar-refractivity contribution in [2.75, 3.05) is 13.2 Å². The van der Waals surface area contributed by atoms with E-state index in [0.29, 0.717) is 47.3 Å². The van der Waals surface area contributed by atoms with Gasteiger partial charge in [0.05, 0.1) is 24.7 Å². The summed E-state index contributed by atoms with van der Waals surface area (Å²) in [4.78, 5) is 12.7. The molecule has 2 N–H and O–H groups in total. The third-order valence-corrected chi connectivity index (χ3v) is 6.12. The number of hydrogen-bond donors (Lipinski definition) is 1. The van der Waals surface area contributed by atoms with Crippen LogP contribution in [0.2, 0.25) is 0 Å². The Kier molecular flexibility index (Phi) is 7.99. The minimum Gasteiger partial charge on any atom is -0.490 e. The summed E-state index contributed by atoms with van der Waals surface area (Å²) in [7, 11) is 0. The highest BCUT2D eigenvalue weighted by Crippen LogP contribution is 2.45. The third-order valence-electron chi connectivity index (χ3n) is 6.12. The Balaban J connectivity index is 1.68. The molecule has 7 heteroatoms. The van der Waals surface area contributed by atoms with E-state index in [1.54, 1.807) is 30.3 Å². The summed E-state index contributed by atoms with van der Waals surface area (Å²) in [5.74, 6) is 1.03. The second-order valence-electron chi connectivity index (χ2n) is 8.67. The maximum atomic E-state index is 12.7. The summed E-state index contributed by atoms with van der Waals surface area (Å²) in [6.07, 6.45) is 1.97. The van der Waals surface area contributed by atoms with Gasteiger partial charge < -0.3 is 24.7 Å². The second kappa shape index (κ2) is 11.5. The second-order valence-corrected chi connectivity index (χ2v) is 8.67. The molecule has 0 radical (unpaired) electrons.